The van der Waals surface area contributed by atoms with Crippen molar-refractivity contribution in [2.75, 3.05) is 0 Å². The first-order valence-corrected chi connectivity index (χ1v) is 10.1. The Bertz CT molecular complexity index is 1090. The molecule has 0 atom stereocenters. The van der Waals surface area contributed by atoms with Gasteiger partial charge in [0.15, 0.2) is 5.69 Å². The van der Waals surface area contributed by atoms with Gasteiger partial charge < -0.3 is 10.1 Å². The van der Waals surface area contributed by atoms with Crippen molar-refractivity contribution in [3.63, 3.8) is 0 Å². The third-order valence-corrected chi connectivity index (χ3v) is 5.20. The highest BCUT2D eigenvalue weighted by atomic mass is 19.4. The molecular formula is C22H20F4N4O2. The molecule has 2 heterocycles. The van der Waals surface area contributed by atoms with Crippen LogP contribution in [0.25, 0.3) is 5.69 Å². The number of carbonyl (C=O) groups excluding carboxylic acids is 1. The molecule has 3 aromatic rings. The molecule has 0 unspecified atom stereocenters. The van der Waals surface area contributed by atoms with Gasteiger partial charge in [-0.15, -0.1) is 0 Å². The average Bonchev–Trinajstić information content (AvgIpc) is 3.43. The van der Waals surface area contributed by atoms with Crippen LogP contribution in [0.1, 0.15) is 47.3 Å². The van der Waals surface area contributed by atoms with Crippen LogP contribution in [0, 0.1) is 5.82 Å². The third kappa shape index (κ3) is 4.74. The van der Waals surface area contributed by atoms with Gasteiger partial charge in [0.25, 0.3) is 5.91 Å². The minimum absolute atomic E-state index is 0.0439. The zero-order valence-electron chi connectivity index (χ0n) is 16.9. The second-order valence-corrected chi connectivity index (χ2v) is 7.48. The van der Waals surface area contributed by atoms with Crippen LogP contribution in [0.5, 0.6) is 5.88 Å². The van der Waals surface area contributed by atoms with E-state index in [2.05, 4.69) is 15.4 Å². The number of hydrogen-bond donors (Lipinski definition) is 1. The molecule has 1 aliphatic rings. The quantitative estimate of drug-likeness (QED) is 0.556. The lowest BCUT2D eigenvalue weighted by atomic mass is 10.2. The van der Waals surface area contributed by atoms with Gasteiger partial charge in [0.1, 0.15) is 17.6 Å². The Morgan fingerprint density at radius 1 is 1.12 bits per heavy atom. The number of hydrogen-bond acceptors (Lipinski definition) is 4. The van der Waals surface area contributed by atoms with E-state index in [1.807, 2.05) is 0 Å². The van der Waals surface area contributed by atoms with E-state index in [1.54, 1.807) is 12.1 Å². The monoisotopic (exact) mass is 448 g/mol. The van der Waals surface area contributed by atoms with Crippen LogP contribution >= 0.6 is 0 Å². The lowest BCUT2D eigenvalue weighted by molar-refractivity contribution is -0.143. The summed E-state index contributed by atoms with van der Waals surface area (Å²) in [6, 6.07) is 8.25. The molecular weight excluding hydrogens is 428 g/mol. The van der Waals surface area contributed by atoms with Crippen LogP contribution in [-0.4, -0.2) is 26.8 Å². The molecule has 0 saturated heterocycles. The van der Waals surface area contributed by atoms with E-state index in [4.69, 9.17) is 4.74 Å². The molecule has 2 aromatic heterocycles. The average molecular weight is 448 g/mol. The molecule has 1 saturated carbocycles. The Hall–Kier alpha value is -3.43. The van der Waals surface area contributed by atoms with Crippen molar-refractivity contribution in [1.82, 2.24) is 20.1 Å². The smallest absolute Gasteiger partial charge is 0.434 e. The first-order valence-electron chi connectivity index (χ1n) is 10.1. The van der Waals surface area contributed by atoms with E-state index >= 15 is 0 Å². The third-order valence-electron chi connectivity index (χ3n) is 5.20. The summed E-state index contributed by atoms with van der Waals surface area (Å²) in [6.45, 7) is -0.0439. The fraction of sp³-hybridized carbons (Fsp3) is 0.318. The fourth-order valence-corrected chi connectivity index (χ4v) is 3.63. The van der Waals surface area contributed by atoms with E-state index in [-0.39, 0.29) is 12.6 Å². The van der Waals surface area contributed by atoms with Crippen molar-refractivity contribution in [1.29, 1.82) is 0 Å². The number of para-hydroxylation sites is 1. The molecule has 32 heavy (non-hydrogen) atoms. The van der Waals surface area contributed by atoms with Crippen molar-refractivity contribution in [3.05, 3.63) is 71.4 Å². The summed E-state index contributed by atoms with van der Waals surface area (Å²) in [7, 11) is 0. The zero-order chi connectivity index (χ0) is 22.7. The van der Waals surface area contributed by atoms with Crippen molar-refractivity contribution in [2.24, 2.45) is 0 Å². The lowest BCUT2D eigenvalue weighted by Crippen LogP contribution is -2.26. The molecule has 0 radical (unpaired) electrons. The maximum atomic E-state index is 14.0. The number of benzene rings is 1. The lowest BCUT2D eigenvalue weighted by Gasteiger charge is -2.14. The standard InChI is InChI=1S/C22H20F4N4O2/c23-17-7-3-4-8-18(17)30-20(22(24,25)26)16(13-29-30)21(31)28-12-14-9-10-19(27-11-14)32-15-5-1-2-6-15/h3-4,7-11,13,15H,1-2,5-6,12H2,(H,28,31). The summed E-state index contributed by atoms with van der Waals surface area (Å²) in [5, 5.41) is 6.05. The van der Waals surface area contributed by atoms with Gasteiger partial charge in [0, 0.05) is 18.8 Å². The van der Waals surface area contributed by atoms with Crippen molar-refractivity contribution < 1.29 is 27.1 Å². The second kappa shape index (κ2) is 8.97. The van der Waals surface area contributed by atoms with E-state index in [0.29, 0.717) is 16.1 Å². The number of aromatic nitrogens is 3. The van der Waals surface area contributed by atoms with E-state index in [1.165, 1.54) is 18.3 Å². The van der Waals surface area contributed by atoms with Crippen molar-refractivity contribution in [3.8, 4) is 11.6 Å². The number of pyridine rings is 1. The minimum atomic E-state index is -4.92. The van der Waals surface area contributed by atoms with Gasteiger partial charge in [0.05, 0.1) is 11.8 Å². The number of ether oxygens (including phenoxy) is 1. The summed E-state index contributed by atoms with van der Waals surface area (Å²) in [5.74, 6) is -1.40. The molecule has 0 spiro atoms. The summed E-state index contributed by atoms with van der Waals surface area (Å²) in [4.78, 5) is 16.7. The number of rotatable bonds is 6. The molecule has 6 nitrogen and oxygen atoms in total. The molecule has 0 bridgehead atoms. The number of alkyl halides is 3. The predicted molar refractivity (Wildman–Crippen MR) is 107 cm³/mol. The maximum absolute atomic E-state index is 14.0. The summed E-state index contributed by atoms with van der Waals surface area (Å²) < 4.78 is 61.3. The van der Waals surface area contributed by atoms with Gasteiger partial charge in [-0.25, -0.2) is 14.1 Å². The Balaban J connectivity index is 1.48. The molecule has 1 N–H and O–H groups in total. The van der Waals surface area contributed by atoms with Gasteiger partial charge in [-0.1, -0.05) is 18.2 Å². The Labute approximate surface area is 181 Å². The Morgan fingerprint density at radius 3 is 2.53 bits per heavy atom. The first-order chi connectivity index (χ1) is 15.3. The maximum Gasteiger partial charge on any atom is 0.434 e. The van der Waals surface area contributed by atoms with Gasteiger partial charge in [-0.3, -0.25) is 4.79 Å². The van der Waals surface area contributed by atoms with Gasteiger partial charge in [0.2, 0.25) is 5.88 Å². The topological polar surface area (TPSA) is 69.0 Å². The van der Waals surface area contributed by atoms with Crippen molar-refractivity contribution >= 4 is 5.91 Å². The predicted octanol–water partition coefficient (Wildman–Crippen LogP) is 4.68. The molecule has 1 aliphatic carbocycles. The van der Waals surface area contributed by atoms with Gasteiger partial charge in [-0.05, 0) is 43.4 Å². The molecule has 4 rings (SSSR count). The van der Waals surface area contributed by atoms with Crippen LogP contribution in [0.15, 0.2) is 48.8 Å². The highest BCUT2D eigenvalue weighted by Crippen LogP contribution is 2.34. The van der Waals surface area contributed by atoms with Crippen molar-refractivity contribution in [2.45, 2.75) is 44.5 Å². The zero-order valence-corrected chi connectivity index (χ0v) is 16.9. The van der Waals surface area contributed by atoms with Gasteiger partial charge >= 0.3 is 6.18 Å². The summed E-state index contributed by atoms with van der Waals surface area (Å²) in [5.41, 5.74) is -1.86. The van der Waals surface area contributed by atoms with E-state index < -0.39 is 34.8 Å². The van der Waals surface area contributed by atoms with Crippen LogP contribution in [0.3, 0.4) is 0 Å². The number of nitrogens with one attached hydrogen (secondary N) is 1. The van der Waals surface area contributed by atoms with Crippen LogP contribution < -0.4 is 10.1 Å². The summed E-state index contributed by atoms with van der Waals surface area (Å²) in [6.07, 6.45) is 1.74. The number of carbonyl (C=O) groups is 1. The molecule has 168 valence electrons. The largest absolute Gasteiger partial charge is 0.474 e. The number of nitrogens with zero attached hydrogens (tertiary/aromatic N) is 3. The Kier molecular flexibility index (Phi) is 6.11. The fourth-order valence-electron chi connectivity index (χ4n) is 3.63. The molecule has 0 aliphatic heterocycles. The minimum Gasteiger partial charge on any atom is -0.474 e. The van der Waals surface area contributed by atoms with Crippen LogP contribution in [0.4, 0.5) is 17.6 Å². The normalized spacial score (nSPS) is 14.5. The number of amides is 1. The number of halogens is 4. The highest BCUT2D eigenvalue weighted by molar-refractivity contribution is 5.95. The van der Waals surface area contributed by atoms with E-state index in [9.17, 15) is 22.4 Å². The van der Waals surface area contributed by atoms with E-state index in [0.717, 1.165) is 44.0 Å². The molecule has 10 heteroatoms. The molecule has 1 aromatic carbocycles. The summed E-state index contributed by atoms with van der Waals surface area (Å²) >= 11 is 0. The van der Waals surface area contributed by atoms with Crippen LogP contribution in [0.2, 0.25) is 0 Å². The molecule has 1 fully saturated rings. The highest BCUT2D eigenvalue weighted by Gasteiger charge is 2.41. The SMILES string of the molecule is O=C(NCc1ccc(OC2CCCC2)nc1)c1cnn(-c2ccccc2F)c1C(F)(F)F. The second-order valence-electron chi connectivity index (χ2n) is 7.48. The van der Waals surface area contributed by atoms with Gasteiger partial charge in [-0.2, -0.15) is 18.3 Å². The Morgan fingerprint density at radius 2 is 1.88 bits per heavy atom. The first kappa shape index (κ1) is 21.8. The molecule has 1 amide bonds. The van der Waals surface area contributed by atoms with Crippen LogP contribution in [-0.2, 0) is 12.7 Å².